The highest BCUT2D eigenvalue weighted by Gasteiger charge is 2.16. The predicted molar refractivity (Wildman–Crippen MR) is 108 cm³/mol. The first kappa shape index (κ1) is 20.8. The highest BCUT2D eigenvalue weighted by molar-refractivity contribution is 7.92. The van der Waals surface area contributed by atoms with Crippen LogP contribution in [0.2, 0.25) is 0 Å². The van der Waals surface area contributed by atoms with Crippen molar-refractivity contribution in [3.63, 3.8) is 0 Å². The fourth-order valence-electron chi connectivity index (χ4n) is 2.43. The zero-order valence-electron chi connectivity index (χ0n) is 15.7. The van der Waals surface area contributed by atoms with Crippen molar-refractivity contribution in [1.82, 2.24) is 10.5 Å². The quantitative estimate of drug-likeness (QED) is 0.279. The van der Waals surface area contributed by atoms with E-state index in [4.69, 9.17) is 4.52 Å². The van der Waals surface area contributed by atoms with E-state index in [9.17, 15) is 23.3 Å². The molecule has 2 aromatic carbocycles. The molecule has 0 aliphatic carbocycles. The normalized spacial score (nSPS) is 11.0. The van der Waals surface area contributed by atoms with Gasteiger partial charge in [0.1, 0.15) is 5.76 Å². The van der Waals surface area contributed by atoms with E-state index in [1.807, 2.05) is 0 Å². The molecule has 0 radical (unpaired) electrons. The Hall–Kier alpha value is -3.93. The number of rotatable bonds is 8. The first-order valence-corrected chi connectivity index (χ1v) is 10.1. The number of benzene rings is 2. The third kappa shape index (κ3) is 5.11. The number of amides is 1. The fraction of sp³-hybridized carbons (Fsp3) is 0.111. The summed E-state index contributed by atoms with van der Waals surface area (Å²) in [5.74, 6) is 0.149. The van der Waals surface area contributed by atoms with E-state index >= 15 is 0 Å². The standard InChI is InChI=1S/C18H17N5O6S/c1-12-10-17(21-29-12)22-30(27,28)16-8-4-14(5-9-16)19-11-20-18(24)13-2-6-15(7-3-13)23(25)26/h2-10,19H,11H2,1H3,(H,20,24)(H,21,22). The number of carbonyl (C=O) groups is 1. The minimum atomic E-state index is -3.81. The summed E-state index contributed by atoms with van der Waals surface area (Å²) in [5.41, 5.74) is 0.751. The van der Waals surface area contributed by atoms with Gasteiger partial charge in [-0.2, -0.15) is 0 Å². The van der Waals surface area contributed by atoms with E-state index in [2.05, 4.69) is 20.5 Å². The number of aryl methyl sites for hydroxylation is 1. The van der Waals surface area contributed by atoms with Gasteiger partial charge in [0, 0.05) is 29.4 Å². The van der Waals surface area contributed by atoms with Crippen LogP contribution in [0.3, 0.4) is 0 Å². The van der Waals surface area contributed by atoms with Gasteiger partial charge >= 0.3 is 0 Å². The molecule has 3 rings (SSSR count). The average Bonchev–Trinajstić information content (AvgIpc) is 3.12. The Balaban J connectivity index is 1.54. The molecule has 0 unspecified atom stereocenters. The van der Waals surface area contributed by atoms with E-state index in [0.717, 1.165) is 0 Å². The largest absolute Gasteiger partial charge is 0.368 e. The molecule has 30 heavy (non-hydrogen) atoms. The topological polar surface area (TPSA) is 156 Å². The van der Waals surface area contributed by atoms with Gasteiger partial charge in [-0.05, 0) is 43.3 Å². The second kappa shape index (κ2) is 8.61. The van der Waals surface area contributed by atoms with Gasteiger partial charge in [0.2, 0.25) is 0 Å². The molecule has 3 aromatic rings. The van der Waals surface area contributed by atoms with E-state index in [1.54, 1.807) is 19.1 Å². The van der Waals surface area contributed by atoms with Crippen LogP contribution in [0.25, 0.3) is 0 Å². The van der Waals surface area contributed by atoms with Crippen LogP contribution in [0.1, 0.15) is 16.1 Å². The lowest BCUT2D eigenvalue weighted by atomic mass is 10.2. The maximum Gasteiger partial charge on any atom is 0.269 e. The van der Waals surface area contributed by atoms with Crippen molar-refractivity contribution in [2.24, 2.45) is 0 Å². The molecule has 0 spiro atoms. The van der Waals surface area contributed by atoms with E-state index in [-0.39, 0.29) is 28.6 Å². The Morgan fingerprint density at radius 3 is 2.37 bits per heavy atom. The number of nitrogens with zero attached hydrogens (tertiary/aromatic N) is 2. The monoisotopic (exact) mass is 431 g/mol. The third-order valence-corrected chi connectivity index (χ3v) is 5.28. The van der Waals surface area contributed by atoms with Crippen LogP contribution in [0, 0.1) is 17.0 Å². The molecule has 0 bridgehead atoms. The molecule has 0 saturated carbocycles. The van der Waals surface area contributed by atoms with Gasteiger partial charge in [0.05, 0.1) is 16.5 Å². The summed E-state index contributed by atoms with van der Waals surface area (Å²) in [4.78, 5) is 22.2. The van der Waals surface area contributed by atoms with Gasteiger partial charge in [-0.1, -0.05) is 5.16 Å². The number of non-ortho nitro benzene ring substituents is 1. The summed E-state index contributed by atoms with van der Waals surface area (Å²) in [6.45, 7) is 1.71. The van der Waals surface area contributed by atoms with Crippen molar-refractivity contribution in [2.45, 2.75) is 11.8 Å². The van der Waals surface area contributed by atoms with E-state index in [1.165, 1.54) is 42.5 Å². The van der Waals surface area contributed by atoms with Gasteiger partial charge in [0.15, 0.2) is 5.82 Å². The van der Waals surface area contributed by atoms with Crippen molar-refractivity contribution < 1.29 is 22.7 Å². The van der Waals surface area contributed by atoms with Crippen LogP contribution in [0.5, 0.6) is 0 Å². The number of nitro benzene ring substituents is 1. The van der Waals surface area contributed by atoms with Gasteiger partial charge in [-0.3, -0.25) is 19.6 Å². The van der Waals surface area contributed by atoms with Crippen molar-refractivity contribution >= 4 is 33.1 Å². The molecule has 0 aliphatic heterocycles. The Kier molecular flexibility index (Phi) is 5.97. The second-order valence-electron chi connectivity index (χ2n) is 6.12. The van der Waals surface area contributed by atoms with E-state index in [0.29, 0.717) is 11.4 Å². The van der Waals surface area contributed by atoms with Gasteiger partial charge in [0.25, 0.3) is 21.6 Å². The molecule has 0 aliphatic rings. The number of nitro groups is 1. The Morgan fingerprint density at radius 2 is 1.80 bits per heavy atom. The van der Waals surface area contributed by atoms with Gasteiger partial charge < -0.3 is 15.2 Å². The molecule has 0 saturated heterocycles. The first-order valence-electron chi connectivity index (χ1n) is 8.57. The predicted octanol–water partition coefficient (Wildman–Crippen LogP) is 2.49. The number of nitrogens with one attached hydrogen (secondary N) is 3. The number of hydrogen-bond acceptors (Lipinski definition) is 8. The number of hydrogen-bond donors (Lipinski definition) is 3. The lowest BCUT2D eigenvalue weighted by molar-refractivity contribution is -0.384. The minimum absolute atomic E-state index is 0.0311. The highest BCUT2D eigenvalue weighted by atomic mass is 32.2. The maximum atomic E-state index is 12.3. The van der Waals surface area contributed by atoms with Crippen LogP contribution >= 0.6 is 0 Å². The van der Waals surface area contributed by atoms with Crippen molar-refractivity contribution in [3.05, 3.63) is 76.0 Å². The Morgan fingerprint density at radius 1 is 1.13 bits per heavy atom. The summed E-state index contributed by atoms with van der Waals surface area (Å²) < 4.78 is 31.8. The van der Waals surface area contributed by atoms with Crippen molar-refractivity contribution in [3.8, 4) is 0 Å². The molecule has 0 atom stereocenters. The summed E-state index contributed by atoms with van der Waals surface area (Å²) in [7, 11) is -3.81. The van der Waals surface area contributed by atoms with Crippen LogP contribution in [0.15, 0.2) is 64.0 Å². The number of carbonyl (C=O) groups excluding carboxylic acids is 1. The molecule has 0 fully saturated rings. The van der Waals surface area contributed by atoms with Gasteiger partial charge in [-0.15, -0.1) is 0 Å². The zero-order valence-corrected chi connectivity index (χ0v) is 16.5. The lowest BCUT2D eigenvalue weighted by Crippen LogP contribution is -2.28. The first-order chi connectivity index (χ1) is 14.2. The lowest BCUT2D eigenvalue weighted by Gasteiger charge is -2.10. The SMILES string of the molecule is Cc1cc(NS(=O)(=O)c2ccc(NCNC(=O)c3ccc([N+](=O)[O-])cc3)cc2)no1. The van der Waals surface area contributed by atoms with Crippen LogP contribution < -0.4 is 15.4 Å². The van der Waals surface area contributed by atoms with Crippen LogP contribution in [0.4, 0.5) is 17.2 Å². The summed E-state index contributed by atoms with van der Waals surface area (Å²) in [5, 5.41) is 19.8. The van der Waals surface area contributed by atoms with Crippen molar-refractivity contribution in [2.75, 3.05) is 16.7 Å². The summed E-state index contributed by atoms with van der Waals surface area (Å²) in [6.07, 6.45) is 0. The molecule has 1 heterocycles. The Bertz CT molecular complexity index is 1160. The van der Waals surface area contributed by atoms with Gasteiger partial charge in [-0.25, -0.2) is 8.42 Å². The maximum absolute atomic E-state index is 12.3. The smallest absolute Gasteiger partial charge is 0.269 e. The molecule has 12 heteroatoms. The molecule has 3 N–H and O–H groups in total. The molecule has 156 valence electrons. The number of anilines is 2. The highest BCUT2D eigenvalue weighted by Crippen LogP contribution is 2.18. The summed E-state index contributed by atoms with van der Waals surface area (Å²) in [6, 6.07) is 12.5. The zero-order chi connectivity index (χ0) is 21.7. The van der Waals surface area contributed by atoms with Crippen LogP contribution in [-0.2, 0) is 10.0 Å². The number of aromatic nitrogens is 1. The number of sulfonamides is 1. The molecule has 1 aromatic heterocycles. The van der Waals surface area contributed by atoms with E-state index < -0.39 is 20.9 Å². The average molecular weight is 431 g/mol. The van der Waals surface area contributed by atoms with Crippen LogP contribution in [-0.4, -0.2) is 31.1 Å². The minimum Gasteiger partial charge on any atom is -0.368 e. The second-order valence-corrected chi connectivity index (χ2v) is 7.80. The fourth-order valence-corrected chi connectivity index (χ4v) is 3.41. The molecule has 1 amide bonds. The summed E-state index contributed by atoms with van der Waals surface area (Å²) >= 11 is 0. The molecular formula is C18H17N5O6S. The molecular weight excluding hydrogens is 414 g/mol. The van der Waals surface area contributed by atoms with Crippen molar-refractivity contribution in [1.29, 1.82) is 0 Å². The molecule has 11 nitrogen and oxygen atoms in total. The Labute approximate surface area is 171 Å². The third-order valence-electron chi connectivity index (χ3n) is 3.91.